The van der Waals surface area contributed by atoms with Crippen LogP contribution in [0.2, 0.25) is 0 Å². The summed E-state index contributed by atoms with van der Waals surface area (Å²) in [4.78, 5) is 28.2. The van der Waals surface area contributed by atoms with E-state index in [9.17, 15) is 31.5 Å². The highest BCUT2D eigenvalue weighted by molar-refractivity contribution is 5.99. The molecule has 2 aromatic rings. The Morgan fingerprint density at radius 3 is 2.47 bits per heavy atom. The third kappa shape index (κ3) is 5.11. The number of hydrogen-bond donors (Lipinski definition) is 2. The van der Waals surface area contributed by atoms with Gasteiger partial charge in [0, 0.05) is 37.3 Å². The molecule has 0 spiro atoms. The van der Waals surface area contributed by atoms with Crippen molar-refractivity contribution in [3.8, 4) is 0 Å². The zero-order chi connectivity index (χ0) is 26.3. The molecule has 1 saturated carbocycles. The van der Waals surface area contributed by atoms with E-state index in [1.165, 1.54) is 12.1 Å². The number of amides is 1. The predicted octanol–water partition coefficient (Wildman–Crippen LogP) is 4.51. The van der Waals surface area contributed by atoms with E-state index in [4.69, 9.17) is 0 Å². The topological polar surface area (TPSA) is 66.4 Å². The van der Waals surface area contributed by atoms with E-state index in [1.54, 1.807) is 0 Å². The lowest BCUT2D eigenvalue weighted by molar-refractivity contribution is -0.0488. The second kappa shape index (κ2) is 9.84. The van der Waals surface area contributed by atoms with Crippen molar-refractivity contribution in [3.63, 3.8) is 0 Å². The van der Waals surface area contributed by atoms with Crippen LogP contribution in [0, 0.1) is 5.82 Å². The van der Waals surface area contributed by atoms with Crippen LogP contribution < -0.4 is 16.2 Å². The number of carbonyl (C=O) groups excluding carboxylic acids is 1. The number of rotatable bonds is 8. The lowest BCUT2D eigenvalue weighted by Crippen LogP contribution is -2.43. The summed E-state index contributed by atoms with van der Waals surface area (Å²) in [5.41, 5.74) is -3.13. The van der Waals surface area contributed by atoms with Crippen LogP contribution in [0.15, 0.2) is 35.3 Å². The minimum atomic E-state index is -3.19. The van der Waals surface area contributed by atoms with E-state index in [-0.39, 0.29) is 35.7 Å². The van der Waals surface area contributed by atoms with Gasteiger partial charge in [-0.05, 0) is 45.8 Å². The highest BCUT2D eigenvalue weighted by Crippen LogP contribution is 2.53. The predicted molar refractivity (Wildman–Crippen MR) is 125 cm³/mol. The number of pyridine rings is 1. The number of carbonyl (C=O) groups is 1. The number of anilines is 1. The first-order valence-electron chi connectivity index (χ1n) is 11.9. The van der Waals surface area contributed by atoms with E-state index in [0.717, 1.165) is 55.8 Å². The molecule has 0 radical (unpaired) electrons. The standard InChI is InChI=1S/C25H29F5N4O2/c1-24(29,30)25(8-9-25)34-14-18(19(12-20(34)35)32-16-6-10-33(2)11-7-16)23(36)31-13-15-4-3-5-17(21(15)26)22(27)28/h3-5,12,14,16,22,32H,6-11,13H2,1-2H3,(H,31,36). The Balaban J connectivity index is 1.65. The SMILES string of the molecule is CN1CCC(Nc2cc(=O)n(C3(C(C)(F)F)CC3)cc2C(=O)NCc2cccc(C(F)F)c2F)CC1. The van der Waals surface area contributed by atoms with Gasteiger partial charge < -0.3 is 20.1 Å². The van der Waals surface area contributed by atoms with Gasteiger partial charge in [0.25, 0.3) is 23.8 Å². The number of halogens is 5. The van der Waals surface area contributed by atoms with Crippen LogP contribution in [-0.2, 0) is 12.1 Å². The Morgan fingerprint density at radius 2 is 1.89 bits per heavy atom. The third-order valence-electron chi connectivity index (χ3n) is 7.16. The monoisotopic (exact) mass is 512 g/mol. The molecule has 1 aliphatic carbocycles. The molecule has 1 saturated heterocycles. The van der Waals surface area contributed by atoms with Gasteiger partial charge in [-0.1, -0.05) is 18.2 Å². The number of piperidine rings is 1. The molecule has 6 nitrogen and oxygen atoms in total. The second-order valence-corrected chi connectivity index (χ2v) is 9.75. The van der Waals surface area contributed by atoms with Crippen molar-refractivity contribution in [1.29, 1.82) is 0 Å². The van der Waals surface area contributed by atoms with Crippen LogP contribution in [0.3, 0.4) is 0 Å². The normalized spacial score (nSPS) is 18.3. The van der Waals surface area contributed by atoms with Crippen molar-refractivity contribution in [1.82, 2.24) is 14.8 Å². The van der Waals surface area contributed by atoms with E-state index < -0.39 is 47.3 Å². The quantitative estimate of drug-likeness (QED) is 0.511. The Hall–Kier alpha value is -2.95. The Bertz CT molecular complexity index is 1180. The molecule has 0 bridgehead atoms. The Labute approximate surface area is 205 Å². The maximum Gasteiger partial charge on any atom is 0.268 e. The fourth-order valence-electron chi connectivity index (χ4n) is 4.73. The maximum absolute atomic E-state index is 14.4. The number of nitrogens with one attached hydrogen (secondary N) is 2. The van der Waals surface area contributed by atoms with Crippen LogP contribution in [0.5, 0.6) is 0 Å². The first kappa shape index (κ1) is 26.1. The Kier molecular flexibility index (Phi) is 7.14. The molecule has 1 aromatic heterocycles. The smallest absolute Gasteiger partial charge is 0.268 e. The summed E-state index contributed by atoms with van der Waals surface area (Å²) >= 11 is 0. The minimum Gasteiger partial charge on any atom is -0.381 e. The number of nitrogens with zero attached hydrogens (tertiary/aromatic N) is 2. The molecule has 1 amide bonds. The molecule has 0 atom stereocenters. The molecule has 2 aliphatic rings. The molecule has 1 aliphatic heterocycles. The molecule has 196 valence electrons. The van der Waals surface area contributed by atoms with Crippen LogP contribution in [0.4, 0.5) is 27.6 Å². The van der Waals surface area contributed by atoms with Gasteiger partial charge in [0.15, 0.2) is 0 Å². The molecule has 11 heteroatoms. The zero-order valence-corrected chi connectivity index (χ0v) is 20.1. The molecule has 36 heavy (non-hydrogen) atoms. The van der Waals surface area contributed by atoms with Gasteiger partial charge in [-0.3, -0.25) is 9.59 Å². The first-order chi connectivity index (χ1) is 16.9. The van der Waals surface area contributed by atoms with Crippen molar-refractivity contribution >= 4 is 11.6 Å². The summed E-state index contributed by atoms with van der Waals surface area (Å²) in [5.74, 6) is -5.05. The van der Waals surface area contributed by atoms with Crippen molar-refractivity contribution in [3.05, 3.63) is 63.3 Å². The molecule has 1 aromatic carbocycles. The van der Waals surface area contributed by atoms with E-state index >= 15 is 0 Å². The summed E-state index contributed by atoms with van der Waals surface area (Å²) in [6.45, 7) is 1.96. The minimum absolute atomic E-state index is 0.0364. The highest BCUT2D eigenvalue weighted by Gasteiger charge is 2.61. The molecule has 2 fully saturated rings. The van der Waals surface area contributed by atoms with Crippen LogP contribution >= 0.6 is 0 Å². The van der Waals surface area contributed by atoms with Crippen LogP contribution in [0.1, 0.15) is 60.5 Å². The van der Waals surface area contributed by atoms with Crippen LogP contribution in [0.25, 0.3) is 0 Å². The molecule has 0 unspecified atom stereocenters. The number of likely N-dealkylation sites (tertiary alicyclic amines) is 1. The van der Waals surface area contributed by atoms with Crippen molar-refractivity contribution in [2.24, 2.45) is 0 Å². The van der Waals surface area contributed by atoms with E-state index in [1.807, 2.05) is 7.05 Å². The molecule has 2 N–H and O–H groups in total. The van der Waals surface area contributed by atoms with Gasteiger partial charge in [-0.2, -0.15) is 0 Å². The average Bonchev–Trinajstić information content (AvgIpc) is 3.62. The van der Waals surface area contributed by atoms with Gasteiger partial charge >= 0.3 is 0 Å². The van der Waals surface area contributed by atoms with Gasteiger partial charge in [0.1, 0.15) is 11.4 Å². The first-order valence-corrected chi connectivity index (χ1v) is 11.9. The summed E-state index contributed by atoms with van der Waals surface area (Å²) in [6, 6.07) is 4.61. The van der Waals surface area contributed by atoms with E-state index in [0.29, 0.717) is 0 Å². The fraction of sp³-hybridized carbons (Fsp3) is 0.520. The second-order valence-electron chi connectivity index (χ2n) is 9.75. The number of aromatic nitrogens is 1. The van der Waals surface area contributed by atoms with Crippen molar-refractivity contribution in [2.45, 2.75) is 63.1 Å². The molecular formula is C25H29F5N4O2. The number of alkyl halides is 4. The van der Waals surface area contributed by atoms with Crippen LogP contribution in [-0.4, -0.2) is 47.5 Å². The summed E-state index contributed by atoms with van der Waals surface area (Å²) in [5, 5.41) is 5.69. The lowest BCUT2D eigenvalue weighted by atomic mass is 10.0. The van der Waals surface area contributed by atoms with E-state index in [2.05, 4.69) is 15.5 Å². The average molecular weight is 513 g/mol. The van der Waals surface area contributed by atoms with Gasteiger partial charge in [0.2, 0.25) is 0 Å². The largest absolute Gasteiger partial charge is 0.381 e. The maximum atomic E-state index is 14.4. The highest BCUT2D eigenvalue weighted by atomic mass is 19.3. The molecule has 2 heterocycles. The van der Waals surface area contributed by atoms with Gasteiger partial charge in [-0.25, -0.2) is 22.0 Å². The summed E-state index contributed by atoms with van der Waals surface area (Å²) in [7, 11) is 1.98. The number of hydrogen-bond acceptors (Lipinski definition) is 4. The zero-order valence-electron chi connectivity index (χ0n) is 20.1. The third-order valence-corrected chi connectivity index (χ3v) is 7.16. The number of benzene rings is 1. The molecule has 4 rings (SSSR count). The van der Waals surface area contributed by atoms with Gasteiger partial charge in [0.05, 0.1) is 16.8 Å². The van der Waals surface area contributed by atoms with Gasteiger partial charge in [-0.15, -0.1) is 0 Å². The molecular weight excluding hydrogens is 483 g/mol. The van der Waals surface area contributed by atoms with Crippen molar-refractivity contribution < 1.29 is 26.7 Å². The lowest BCUT2D eigenvalue weighted by Gasteiger charge is -2.31. The summed E-state index contributed by atoms with van der Waals surface area (Å²) in [6.07, 6.45) is -0.201. The fourth-order valence-corrected chi connectivity index (χ4v) is 4.73. The Morgan fingerprint density at radius 1 is 1.22 bits per heavy atom. The van der Waals surface area contributed by atoms with Crippen molar-refractivity contribution in [2.75, 3.05) is 25.5 Å². The summed E-state index contributed by atoms with van der Waals surface area (Å²) < 4.78 is 70.2.